The summed E-state index contributed by atoms with van der Waals surface area (Å²) in [5, 5.41) is 5.26. The van der Waals surface area contributed by atoms with Crippen molar-refractivity contribution in [3.8, 4) is 11.5 Å². The van der Waals surface area contributed by atoms with Gasteiger partial charge in [-0.1, -0.05) is 54.6 Å². The number of nitrogens with zero attached hydrogens (tertiary/aromatic N) is 3. The molecule has 0 radical (unpaired) electrons. The summed E-state index contributed by atoms with van der Waals surface area (Å²) in [6, 6.07) is 28.8. The molecule has 0 aliphatic heterocycles. The molecular weight excluding hydrogens is 410 g/mol. The van der Waals surface area contributed by atoms with Crippen molar-refractivity contribution in [3.63, 3.8) is 0 Å². The van der Waals surface area contributed by atoms with Crippen LogP contribution in [0.5, 0.6) is 0 Å². The molecule has 0 fully saturated rings. The second kappa shape index (κ2) is 8.04. The minimum atomic E-state index is -0.523. The van der Waals surface area contributed by atoms with Crippen LogP contribution in [-0.4, -0.2) is 9.78 Å². The van der Waals surface area contributed by atoms with E-state index >= 15 is 0 Å². The monoisotopic (exact) mass is 427 g/mol. The molecule has 0 unspecified atom stereocenters. The maximum atomic E-state index is 12.5. The second-order valence-corrected chi connectivity index (χ2v) is 7.25. The molecule has 5 rings (SSSR count). The number of hydrogen-bond donors (Lipinski definition) is 0. The summed E-state index contributed by atoms with van der Waals surface area (Å²) in [5.74, 6) is 0.130. The van der Waals surface area contributed by atoms with Crippen LogP contribution in [0.3, 0.4) is 0 Å². The summed E-state index contributed by atoms with van der Waals surface area (Å²) in [7, 11) is 0. The summed E-state index contributed by atoms with van der Waals surface area (Å²) in [4.78, 5) is 14.7. The first-order valence-electron chi connectivity index (χ1n) is 9.68. The fourth-order valence-electron chi connectivity index (χ4n) is 3.38. The van der Waals surface area contributed by atoms with E-state index in [9.17, 15) is 4.79 Å². The van der Waals surface area contributed by atoms with Crippen molar-refractivity contribution in [1.29, 1.82) is 0 Å². The highest BCUT2D eigenvalue weighted by Gasteiger charge is 2.17. The predicted octanol–water partition coefficient (Wildman–Crippen LogP) is 5.77. The number of rotatable bonds is 5. The zero-order chi connectivity index (χ0) is 21.2. The van der Waals surface area contributed by atoms with Crippen molar-refractivity contribution < 1.29 is 8.83 Å². The fraction of sp³-hybridized carbons (Fsp3) is 0.0417. The minimum absolute atomic E-state index is 0.130. The molecule has 7 heteroatoms. The average molecular weight is 427 g/mol. The van der Waals surface area contributed by atoms with E-state index in [0.29, 0.717) is 12.3 Å². The van der Waals surface area contributed by atoms with E-state index < -0.39 is 5.63 Å². The Hall–Kier alpha value is -3.97. The van der Waals surface area contributed by atoms with Gasteiger partial charge in [0.25, 0.3) is 10.7 Å². The number of hydrogen-bond acceptors (Lipinski definition) is 6. The number of benzene rings is 3. The van der Waals surface area contributed by atoms with E-state index in [1.54, 1.807) is 16.8 Å². The quantitative estimate of drug-likeness (QED) is 0.262. The van der Waals surface area contributed by atoms with Gasteiger partial charge in [-0.25, -0.2) is 4.79 Å². The van der Waals surface area contributed by atoms with Gasteiger partial charge in [-0.05, 0) is 48.6 Å². The number of para-hydroxylation sites is 3. The van der Waals surface area contributed by atoms with Crippen molar-refractivity contribution in [2.45, 2.75) is 6.67 Å². The van der Waals surface area contributed by atoms with Crippen LogP contribution in [0, 0.1) is 4.84 Å². The van der Waals surface area contributed by atoms with Gasteiger partial charge in [0.05, 0.1) is 0 Å². The van der Waals surface area contributed by atoms with Gasteiger partial charge in [0.15, 0.2) is 0 Å². The SMILES string of the molecule is O=c1oc2ccccc2cc1-c1nn(CN(c2ccccc2)c2ccccc2)c(=S)o1. The lowest BCUT2D eigenvalue weighted by Gasteiger charge is -2.24. The van der Waals surface area contributed by atoms with E-state index in [1.165, 1.54) is 0 Å². The van der Waals surface area contributed by atoms with Crippen LogP contribution in [0.2, 0.25) is 0 Å². The normalized spacial score (nSPS) is 11.0. The van der Waals surface area contributed by atoms with Crippen LogP contribution < -0.4 is 10.5 Å². The lowest BCUT2D eigenvalue weighted by atomic mass is 10.2. The smallest absolute Gasteiger partial charge is 0.349 e. The van der Waals surface area contributed by atoms with Gasteiger partial charge in [-0.2, -0.15) is 4.68 Å². The first-order valence-corrected chi connectivity index (χ1v) is 10.1. The molecule has 0 amide bonds. The molecule has 0 spiro atoms. The fourth-order valence-corrected chi connectivity index (χ4v) is 3.56. The van der Waals surface area contributed by atoms with Gasteiger partial charge in [-0.3, -0.25) is 0 Å². The van der Waals surface area contributed by atoms with Crippen LogP contribution in [0.25, 0.3) is 22.4 Å². The molecule has 2 aromatic heterocycles. The lowest BCUT2D eigenvalue weighted by Crippen LogP contribution is -2.22. The Bertz CT molecular complexity index is 1420. The van der Waals surface area contributed by atoms with Crippen LogP contribution in [-0.2, 0) is 6.67 Å². The average Bonchev–Trinajstić information content (AvgIpc) is 3.18. The Labute approximate surface area is 182 Å². The Morgan fingerprint density at radius 2 is 1.45 bits per heavy atom. The Kier molecular flexibility index (Phi) is 4.93. The van der Waals surface area contributed by atoms with Gasteiger partial charge in [0.2, 0.25) is 0 Å². The van der Waals surface area contributed by atoms with Crippen LogP contribution in [0.1, 0.15) is 0 Å². The molecule has 6 nitrogen and oxygen atoms in total. The molecule has 0 aliphatic carbocycles. The zero-order valence-corrected chi connectivity index (χ0v) is 17.2. The standard InChI is InChI=1S/C24H17N3O3S/c28-23-20(15-17-9-7-8-14-21(17)29-23)22-25-27(24(31)30-22)16-26(18-10-3-1-4-11-18)19-12-5-2-6-13-19/h1-15H,16H2. The van der Waals surface area contributed by atoms with E-state index in [0.717, 1.165) is 16.8 Å². The van der Waals surface area contributed by atoms with Crippen molar-refractivity contribution in [2.75, 3.05) is 4.90 Å². The van der Waals surface area contributed by atoms with Gasteiger partial charge >= 0.3 is 5.63 Å². The van der Waals surface area contributed by atoms with E-state index in [4.69, 9.17) is 21.1 Å². The van der Waals surface area contributed by atoms with Gasteiger partial charge in [0.1, 0.15) is 17.8 Å². The zero-order valence-electron chi connectivity index (χ0n) is 16.3. The summed E-state index contributed by atoms with van der Waals surface area (Å²) in [6.45, 7) is 0.315. The van der Waals surface area contributed by atoms with Crippen molar-refractivity contribution >= 4 is 34.6 Å². The molecule has 3 aromatic carbocycles. The molecule has 0 N–H and O–H groups in total. The van der Waals surface area contributed by atoms with Gasteiger partial charge < -0.3 is 13.7 Å². The van der Waals surface area contributed by atoms with E-state index in [-0.39, 0.29) is 16.3 Å². The van der Waals surface area contributed by atoms with Crippen LogP contribution >= 0.6 is 12.2 Å². The summed E-state index contributed by atoms with van der Waals surface area (Å²) >= 11 is 5.40. The highest BCUT2D eigenvalue weighted by atomic mass is 32.1. The van der Waals surface area contributed by atoms with Gasteiger partial charge in [-0.15, -0.1) is 5.10 Å². The summed E-state index contributed by atoms with van der Waals surface area (Å²) in [5.41, 5.74) is 2.17. The summed E-state index contributed by atoms with van der Waals surface area (Å²) in [6.07, 6.45) is 0. The van der Waals surface area contributed by atoms with Crippen molar-refractivity contribution in [1.82, 2.24) is 9.78 Å². The number of anilines is 2. The maximum Gasteiger partial charge on any atom is 0.349 e. The highest BCUT2D eigenvalue weighted by Crippen LogP contribution is 2.26. The molecular formula is C24H17N3O3S. The Morgan fingerprint density at radius 1 is 0.839 bits per heavy atom. The minimum Gasteiger partial charge on any atom is -0.422 e. The molecule has 0 bridgehead atoms. The Balaban J connectivity index is 1.55. The van der Waals surface area contributed by atoms with Crippen LogP contribution in [0.4, 0.5) is 11.4 Å². The van der Waals surface area contributed by atoms with Gasteiger partial charge in [0, 0.05) is 16.8 Å². The lowest BCUT2D eigenvalue weighted by molar-refractivity contribution is 0.508. The molecule has 2 heterocycles. The molecule has 0 aliphatic rings. The Morgan fingerprint density at radius 3 is 2.13 bits per heavy atom. The molecule has 0 atom stereocenters. The predicted molar refractivity (Wildman–Crippen MR) is 122 cm³/mol. The molecule has 5 aromatic rings. The highest BCUT2D eigenvalue weighted by molar-refractivity contribution is 7.71. The number of fused-ring (bicyclic) bond motifs is 1. The molecule has 31 heavy (non-hydrogen) atoms. The third-order valence-electron chi connectivity index (χ3n) is 4.89. The topological polar surface area (TPSA) is 64.4 Å². The van der Waals surface area contributed by atoms with E-state index in [1.807, 2.05) is 78.9 Å². The van der Waals surface area contributed by atoms with Crippen molar-refractivity contribution in [3.05, 3.63) is 106 Å². The first-order chi connectivity index (χ1) is 15.2. The van der Waals surface area contributed by atoms with Crippen molar-refractivity contribution in [2.24, 2.45) is 0 Å². The molecule has 0 saturated carbocycles. The number of aromatic nitrogens is 2. The first kappa shape index (κ1) is 19.0. The van der Waals surface area contributed by atoms with E-state index in [2.05, 4.69) is 10.00 Å². The largest absolute Gasteiger partial charge is 0.422 e. The third kappa shape index (κ3) is 3.78. The molecule has 0 saturated heterocycles. The molecule has 152 valence electrons. The second-order valence-electron chi connectivity index (χ2n) is 6.90. The maximum absolute atomic E-state index is 12.5. The summed E-state index contributed by atoms with van der Waals surface area (Å²) < 4.78 is 12.6. The van der Waals surface area contributed by atoms with Crippen LogP contribution in [0.15, 0.2) is 105 Å². The third-order valence-corrected chi connectivity index (χ3v) is 5.18.